The van der Waals surface area contributed by atoms with Crippen LogP contribution >= 0.6 is 11.6 Å². The maximum absolute atomic E-state index is 12.0. The topological polar surface area (TPSA) is 37.4 Å². The molecule has 0 heterocycles. The number of hydrogen-bond acceptors (Lipinski definition) is 2. The summed E-state index contributed by atoms with van der Waals surface area (Å²) < 4.78 is 25.4. The minimum absolute atomic E-state index is 0.0402. The fourth-order valence-corrected chi connectivity index (χ4v) is 3.33. The molecule has 0 aliphatic heterocycles. The van der Waals surface area contributed by atoms with Crippen molar-refractivity contribution in [3.8, 4) is 0 Å². The van der Waals surface area contributed by atoms with Gasteiger partial charge in [-0.1, -0.05) is 37.3 Å². The molecule has 0 amide bonds. The van der Waals surface area contributed by atoms with Crippen molar-refractivity contribution in [2.45, 2.75) is 12.7 Å². The Morgan fingerprint density at radius 1 is 1.25 bits per heavy atom. The maximum atomic E-state index is 12.0. The summed E-state index contributed by atoms with van der Waals surface area (Å²) in [7, 11) is -3.24. The third kappa shape index (κ3) is 3.77. The number of nitrogens with zero attached hydrogens (tertiary/aromatic N) is 1. The van der Waals surface area contributed by atoms with Crippen molar-refractivity contribution in [2.24, 2.45) is 0 Å². The minimum atomic E-state index is -3.24. The van der Waals surface area contributed by atoms with E-state index in [9.17, 15) is 8.42 Å². The van der Waals surface area contributed by atoms with Crippen LogP contribution in [0.1, 0.15) is 12.5 Å². The SMILES string of the molecule is CCN(CCCl)S(=O)(=O)Cc1ccccc1. The molecule has 0 saturated carbocycles. The van der Waals surface area contributed by atoms with Gasteiger partial charge in [0, 0.05) is 19.0 Å². The van der Waals surface area contributed by atoms with Crippen LogP contribution in [0.15, 0.2) is 30.3 Å². The highest BCUT2D eigenvalue weighted by Crippen LogP contribution is 2.10. The summed E-state index contributed by atoms with van der Waals surface area (Å²) in [6, 6.07) is 9.16. The average Bonchev–Trinajstić information content (AvgIpc) is 2.26. The molecule has 90 valence electrons. The molecule has 0 bridgehead atoms. The van der Waals surface area contributed by atoms with E-state index in [0.29, 0.717) is 19.0 Å². The molecule has 0 saturated heterocycles. The van der Waals surface area contributed by atoms with Crippen LogP contribution in [0.25, 0.3) is 0 Å². The van der Waals surface area contributed by atoms with Crippen molar-refractivity contribution in [2.75, 3.05) is 19.0 Å². The van der Waals surface area contributed by atoms with E-state index < -0.39 is 10.0 Å². The van der Waals surface area contributed by atoms with Crippen LogP contribution in [0, 0.1) is 0 Å². The predicted octanol–water partition coefficient (Wildman–Crippen LogP) is 2.08. The highest BCUT2D eigenvalue weighted by molar-refractivity contribution is 7.88. The Hall–Kier alpha value is -0.580. The summed E-state index contributed by atoms with van der Waals surface area (Å²) in [6.07, 6.45) is 0. The van der Waals surface area contributed by atoms with Crippen molar-refractivity contribution in [1.29, 1.82) is 0 Å². The lowest BCUT2D eigenvalue weighted by Crippen LogP contribution is -2.33. The molecule has 5 heteroatoms. The molecule has 3 nitrogen and oxygen atoms in total. The van der Waals surface area contributed by atoms with Gasteiger partial charge in [0.05, 0.1) is 5.75 Å². The number of rotatable bonds is 6. The van der Waals surface area contributed by atoms with E-state index >= 15 is 0 Å². The molecule has 0 aliphatic carbocycles. The number of benzene rings is 1. The van der Waals surface area contributed by atoms with Gasteiger partial charge in [0.15, 0.2) is 0 Å². The van der Waals surface area contributed by atoms with E-state index in [1.165, 1.54) is 4.31 Å². The summed E-state index contributed by atoms with van der Waals surface area (Å²) in [5, 5.41) is 0. The normalized spacial score (nSPS) is 11.9. The van der Waals surface area contributed by atoms with E-state index in [1.807, 2.05) is 37.3 Å². The molecule has 16 heavy (non-hydrogen) atoms. The lowest BCUT2D eigenvalue weighted by molar-refractivity contribution is 0.446. The second-order valence-electron chi connectivity index (χ2n) is 3.42. The van der Waals surface area contributed by atoms with Crippen LogP contribution in [-0.4, -0.2) is 31.7 Å². The lowest BCUT2D eigenvalue weighted by Gasteiger charge is -2.19. The molecule has 1 rings (SSSR count). The standard InChI is InChI=1S/C11H16ClNO2S/c1-2-13(9-8-12)16(14,15)10-11-6-4-3-5-7-11/h3-7H,2,8-10H2,1H3. The maximum Gasteiger partial charge on any atom is 0.218 e. The van der Waals surface area contributed by atoms with Crippen LogP contribution in [0.5, 0.6) is 0 Å². The molecule has 0 atom stereocenters. The van der Waals surface area contributed by atoms with Crippen molar-refractivity contribution in [1.82, 2.24) is 4.31 Å². The van der Waals surface area contributed by atoms with Gasteiger partial charge < -0.3 is 0 Å². The lowest BCUT2D eigenvalue weighted by atomic mass is 10.2. The van der Waals surface area contributed by atoms with Gasteiger partial charge in [-0.2, -0.15) is 0 Å². The number of sulfonamides is 1. The Bertz CT molecular complexity index is 405. The van der Waals surface area contributed by atoms with Gasteiger partial charge in [-0.15, -0.1) is 11.6 Å². The zero-order chi connectivity index (χ0) is 12.0. The largest absolute Gasteiger partial charge is 0.218 e. The summed E-state index contributed by atoms with van der Waals surface area (Å²) in [4.78, 5) is 0. The molecule has 0 radical (unpaired) electrons. The molecule has 0 aliphatic rings. The fourth-order valence-electron chi connectivity index (χ4n) is 1.46. The molecular weight excluding hydrogens is 246 g/mol. The van der Waals surface area contributed by atoms with Gasteiger partial charge >= 0.3 is 0 Å². The van der Waals surface area contributed by atoms with Gasteiger partial charge in [-0.05, 0) is 5.56 Å². The van der Waals surface area contributed by atoms with Crippen molar-refractivity contribution in [3.05, 3.63) is 35.9 Å². The first kappa shape index (κ1) is 13.5. The number of hydrogen-bond donors (Lipinski definition) is 0. The van der Waals surface area contributed by atoms with Crippen molar-refractivity contribution < 1.29 is 8.42 Å². The molecule has 0 unspecified atom stereocenters. The Kier molecular flexibility index (Phi) is 5.25. The highest BCUT2D eigenvalue weighted by Gasteiger charge is 2.19. The fraction of sp³-hybridized carbons (Fsp3) is 0.455. The quantitative estimate of drug-likeness (QED) is 0.736. The second kappa shape index (κ2) is 6.23. The second-order valence-corrected chi connectivity index (χ2v) is 5.77. The van der Waals surface area contributed by atoms with Gasteiger partial charge in [-0.3, -0.25) is 0 Å². The van der Waals surface area contributed by atoms with Gasteiger partial charge in [0.25, 0.3) is 0 Å². The first-order valence-electron chi connectivity index (χ1n) is 5.18. The van der Waals surface area contributed by atoms with E-state index in [4.69, 9.17) is 11.6 Å². The third-order valence-electron chi connectivity index (χ3n) is 2.27. The van der Waals surface area contributed by atoms with Crippen molar-refractivity contribution >= 4 is 21.6 Å². The van der Waals surface area contributed by atoms with Gasteiger partial charge in [-0.25, -0.2) is 12.7 Å². The summed E-state index contributed by atoms with van der Waals surface area (Å²) in [5.41, 5.74) is 0.801. The molecule has 0 spiro atoms. The van der Waals surface area contributed by atoms with Crippen LogP contribution in [0.3, 0.4) is 0 Å². The van der Waals surface area contributed by atoms with E-state index in [1.54, 1.807) is 0 Å². The molecule has 1 aromatic rings. The zero-order valence-corrected chi connectivity index (χ0v) is 10.8. The number of alkyl halides is 1. The zero-order valence-electron chi connectivity index (χ0n) is 9.27. The monoisotopic (exact) mass is 261 g/mol. The predicted molar refractivity (Wildman–Crippen MR) is 67.0 cm³/mol. The van der Waals surface area contributed by atoms with E-state index in [-0.39, 0.29) is 5.75 Å². The average molecular weight is 262 g/mol. The molecule has 1 aromatic carbocycles. The summed E-state index contributed by atoms with van der Waals surface area (Å²) >= 11 is 5.58. The van der Waals surface area contributed by atoms with Gasteiger partial charge in [0.2, 0.25) is 10.0 Å². The minimum Gasteiger partial charge on any atom is -0.212 e. The first-order valence-corrected chi connectivity index (χ1v) is 7.32. The molecule has 0 N–H and O–H groups in total. The van der Waals surface area contributed by atoms with Crippen LogP contribution in [-0.2, 0) is 15.8 Å². The Balaban J connectivity index is 2.78. The van der Waals surface area contributed by atoms with Crippen molar-refractivity contribution in [3.63, 3.8) is 0 Å². The Labute approximate surface area is 102 Å². The van der Waals surface area contributed by atoms with Gasteiger partial charge in [0.1, 0.15) is 0 Å². The third-order valence-corrected chi connectivity index (χ3v) is 4.37. The summed E-state index contributed by atoms with van der Waals surface area (Å²) in [5.74, 6) is 0.362. The molecular formula is C11H16ClNO2S. The van der Waals surface area contributed by atoms with E-state index in [2.05, 4.69) is 0 Å². The number of halogens is 1. The van der Waals surface area contributed by atoms with Crippen LogP contribution < -0.4 is 0 Å². The van der Waals surface area contributed by atoms with Crippen LogP contribution in [0.4, 0.5) is 0 Å². The smallest absolute Gasteiger partial charge is 0.212 e. The molecule has 0 fully saturated rings. The molecule has 0 aromatic heterocycles. The summed E-state index contributed by atoms with van der Waals surface area (Å²) in [6.45, 7) is 2.64. The highest BCUT2D eigenvalue weighted by atomic mass is 35.5. The Morgan fingerprint density at radius 2 is 1.88 bits per heavy atom. The van der Waals surface area contributed by atoms with Crippen LogP contribution in [0.2, 0.25) is 0 Å². The van der Waals surface area contributed by atoms with E-state index in [0.717, 1.165) is 5.56 Å². The first-order chi connectivity index (χ1) is 7.60. The Morgan fingerprint density at radius 3 is 2.38 bits per heavy atom.